The van der Waals surface area contributed by atoms with Gasteiger partial charge in [-0.2, -0.15) is 0 Å². The van der Waals surface area contributed by atoms with E-state index in [0.717, 1.165) is 18.8 Å². The zero-order chi connectivity index (χ0) is 13.1. The standard InChI is InChI=1S/C13H27N3O.HI/c1-7-13(8-2)10(9(3)11(13)17-6)16-12(14-4)15-5;/h9-11H,7-8H2,1-6H3,(H2,14,15,16);1H. The van der Waals surface area contributed by atoms with Gasteiger partial charge in [0.05, 0.1) is 6.10 Å². The van der Waals surface area contributed by atoms with Crippen molar-refractivity contribution >= 4 is 29.9 Å². The van der Waals surface area contributed by atoms with E-state index in [1.807, 2.05) is 14.2 Å². The van der Waals surface area contributed by atoms with Crippen molar-refractivity contribution in [2.75, 3.05) is 21.2 Å². The van der Waals surface area contributed by atoms with Crippen LogP contribution in [0.1, 0.15) is 33.6 Å². The Bertz CT molecular complexity index is 279. The molecule has 0 spiro atoms. The van der Waals surface area contributed by atoms with Crippen molar-refractivity contribution in [3.63, 3.8) is 0 Å². The summed E-state index contributed by atoms with van der Waals surface area (Å²) in [6, 6.07) is 0.439. The summed E-state index contributed by atoms with van der Waals surface area (Å²) in [5.74, 6) is 1.38. The molecule has 0 aromatic carbocycles. The summed E-state index contributed by atoms with van der Waals surface area (Å²) in [5.41, 5.74) is 0.237. The van der Waals surface area contributed by atoms with Crippen molar-refractivity contribution in [3.05, 3.63) is 0 Å². The molecule has 4 nitrogen and oxygen atoms in total. The Morgan fingerprint density at radius 1 is 1.33 bits per heavy atom. The van der Waals surface area contributed by atoms with Crippen molar-refractivity contribution in [1.82, 2.24) is 10.6 Å². The van der Waals surface area contributed by atoms with Crippen LogP contribution in [-0.2, 0) is 4.74 Å². The molecule has 3 atom stereocenters. The Labute approximate surface area is 128 Å². The minimum absolute atomic E-state index is 0. The molecule has 1 fully saturated rings. The minimum atomic E-state index is 0. The minimum Gasteiger partial charge on any atom is -0.380 e. The first kappa shape index (κ1) is 18.0. The van der Waals surface area contributed by atoms with Gasteiger partial charge in [0.25, 0.3) is 0 Å². The largest absolute Gasteiger partial charge is 0.380 e. The molecular weight excluding hydrogens is 341 g/mol. The summed E-state index contributed by atoms with van der Waals surface area (Å²) < 4.78 is 5.67. The predicted octanol–water partition coefficient (Wildman–Crippen LogP) is 2.24. The lowest BCUT2D eigenvalue weighted by molar-refractivity contribution is -0.163. The maximum Gasteiger partial charge on any atom is 0.190 e. The van der Waals surface area contributed by atoms with E-state index < -0.39 is 0 Å². The van der Waals surface area contributed by atoms with Gasteiger partial charge in [-0.1, -0.05) is 20.8 Å². The molecule has 1 aliphatic rings. The topological polar surface area (TPSA) is 45.7 Å². The number of methoxy groups -OCH3 is 1. The van der Waals surface area contributed by atoms with E-state index in [4.69, 9.17) is 4.74 Å². The molecule has 5 heteroatoms. The number of guanidine groups is 1. The summed E-state index contributed by atoms with van der Waals surface area (Å²) in [6.45, 7) is 6.74. The molecule has 0 aromatic heterocycles. The number of hydrogen-bond donors (Lipinski definition) is 2. The first-order valence-corrected chi connectivity index (χ1v) is 6.55. The fraction of sp³-hybridized carbons (Fsp3) is 0.923. The van der Waals surface area contributed by atoms with Gasteiger partial charge in [-0.15, -0.1) is 24.0 Å². The van der Waals surface area contributed by atoms with Crippen LogP contribution in [0.25, 0.3) is 0 Å². The van der Waals surface area contributed by atoms with Gasteiger partial charge in [0, 0.05) is 38.6 Å². The summed E-state index contributed by atoms with van der Waals surface area (Å²) >= 11 is 0. The van der Waals surface area contributed by atoms with Gasteiger partial charge in [0.2, 0.25) is 0 Å². The van der Waals surface area contributed by atoms with Crippen molar-refractivity contribution in [2.45, 2.75) is 45.8 Å². The number of nitrogens with zero attached hydrogens (tertiary/aromatic N) is 1. The van der Waals surface area contributed by atoms with Gasteiger partial charge in [-0.3, -0.25) is 4.99 Å². The van der Waals surface area contributed by atoms with Crippen molar-refractivity contribution < 1.29 is 4.74 Å². The lowest BCUT2D eigenvalue weighted by Gasteiger charge is -2.60. The first-order valence-electron chi connectivity index (χ1n) is 6.55. The number of hydrogen-bond acceptors (Lipinski definition) is 2. The predicted molar refractivity (Wildman–Crippen MR) is 87.7 cm³/mol. The summed E-state index contributed by atoms with van der Waals surface area (Å²) in [7, 11) is 5.52. The van der Waals surface area contributed by atoms with Crippen LogP contribution in [0.15, 0.2) is 4.99 Å². The highest BCUT2D eigenvalue weighted by Gasteiger charge is 2.58. The number of halogens is 1. The maximum atomic E-state index is 5.67. The smallest absolute Gasteiger partial charge is 0.190 e. The third kappa shape index (κ3) is 2.76. The van der Waals surface area contributed by atoms with E-state index in [-0.39, 0.29) is 29.4 Å². The third-order valence-corrected chi connectivity index (χ3v) is 4.51. The normalized spacial score (nSPS) is 30.1. The summed E-state index contributed by atoms with van der Waals surface area (Å²) in [6.07, 6.45) is 2.61. The van der Waals surface area contributed by atoms with E-state index >= 15 is 0 Å². The molecule has 3 unspecified atom stereocenters. The Morgan fingerprint density at radius 3 is 2.22 bits per heavy atom. The van der Waals surface area contributed by atoms with E-state index in [0.29, 0.717) is 18.1 Å². The summed E-state index contributed by atoms with van der Waals surface area (Å²) in [4.78, 5) is 4.20. The second-order valence-corrected chi connectivity index (χ2v) is 4.90. The first-order chi connectivity index (χ1) is 8.11. The molecule has 1 rings (SSSR count). The van der Waals surface area contributed by atoms with Gasteiger partial charge in [-0.05, 0) is 12.8 Å². The Hall–Kier alpha value is -0.0400. The fourth-order valence-electron chi connectivity index (χ4n) is 3.49. The molecule has 18 heavy (non-hydrogen) atoms. The highest BCUT2D eigenvalue weighted by atomic mass is 127. The van der Waals surface area contributed by atoms with E-state index in [1.165, 1.54) is 0 Å². The molecule has 0 heterocycles. The van der Waals surface area contributed by atoms with E-state index in [1.54, 1.807) is 7.05 Å². The van der Waals surface area contributed by atoms with Crippen molar-refractivity contribution in [1.29, 1.82) is 0 Å². The maximum absolute atomic E-state index is 5.67. The molecule has 0 aliphatic heterocycles. The molecule has 0 amide bonds. The number of ether oxygens (including phenoxy) is 1. The Kier molecular flexibility index (Phi) is 7.51. The van der Waals surface area contributed by atoms with Crippen LogP contribution in [0.5, 0.6) is 0 Å². The van der Waals surface area contributed by atoms with Crippen molar-refractivity contribution in [2.24, 2.45) is 16.3 Å². The fourth-order valence-corrected chi connectivity index (χ4v) is 3.49. The zero-order valence-electron chi connectivity index (χ0n) is 12.4. The second-order valence-electron chi connectivity index (χ2n) is 4.90. The number of nitrogens with one attached hydrogen (secondary N) is 2. The molecule has 2 N–H and O–H groups in total. The van der Waals surface area contributed by atoms with E-state index in [2.05, 4.69) is 36.4 Å². The molecule has 0 radical (unpaired) electrons. The van der Waals surface area contributed by atoms with Gasteiger partial charge in [0.15, 0.2) is 5.96 Å². The number of aliphatic imine (C=N–C) groups is 1. The molecule has 1 saturated carbocycles. The van der Waals surface area contributed by atoms with Crippen LogP contribution in [0.2, 0.25) is 0 Å². The zero-order valence-corrected chi connectivity index (χ0v) is 14.7. The van der Waals surface area contributed by atoms with Crippen LogP contribution in [-0.4, -0.2) is 39.3 Å². The molecule has 0 aromatic rings. The van der Waals surface area contributed by atoms with Gasteiger partial charge in [-0.25, -0.2) is 0 Å². The highest BCUT2D eigenvalue weighted by molar-refractivity contribution is 14.0. The summed E-state index contributed by atoms with van der Waals surface area (Å²) in [5, 5.41) is 6.61. The van der Waals surface area contributed by atoms with Crippen LogP contribution in [0, 0.1) is 11.3 Å². The molecule has 1 aliphatic carbocycles. The van der Waals surface area contributed by atoms with Gasteiger partial charge in [0.1, 0.15) is 0 Å². The highest BCUT2D eigenvalue weighted by Crippen LogP contribution is 2.52. The van der Waals surface area contributed by atoms with Crippen LogP contribution in [0.4, 0.5) is 0 Å². The van der Waals surface area contributed by atoms with Crippen LogP contribution in [0.3, 0.4) is 0 Å². The van der Waals surface area contributed by atoms with E-state index in [9.17, 15) is 0 Å². The lowest BCUT2D eigenvalue weighted by atomic mass is 9.53. The van der Waals surface area contributed by atoms with Gasteiger partial charge >= 0.3 is 0 Å². The molecule has 0 saturated heterocycles. The van der Waals surface area contributed by atoms with Gasteiger partial charge < -0.3 is 15.4 Å². The SMILES string of the molecule is CCC1(CC)C(NC(=NC)NC)C(C)C1OC.I. The third-order valence-electron chi connectivity index (χ3n) is 4.51. The van der Waals surface area contributed by atoms with Crippen LogP contribution < -0.4 is 10.6 Å². The average molecular weight is 369 g/mol. The Morgan fingerprint density at radius 2 is 1.89 bits per heavy atom. The quantitative estimate of drug-likeness (QED) is 0.454. The number of rotatable bonds is 4. The van der Waals surface area contributed by atoms with Crippen LogP contribution >= 0.6 is 24.0 Å². The lowest BCUT2D eigenvalue weighted by Crippen LogP contribution is -2.70. The second kappa shape index (κ2) is 7.53. The Balaban J connectivity index is 0.00000289. The molecular formula is C13H28IN3O. The average Bonchev–Trinajstić information content (AvgIpc) is 2.36. The van der Waals surface area contributed by atoms with Crippen molar-refractivity contribution in [3.8, 4) is 0 Å². The monoisotopic (exact) mass is 369 g/mol. The molecule has 108 valence electrons. The molecule has 0 bridgehead atoms.